The molecular weight excluding hydrogens is 597 g/mol. The molecule has 3 rings (SSSR count). The molecule has 0 fully saturated rings. The summed E-state index contributed by atoms with van der Waals surface area (Å²) < 4.78 is 34.4. The minimum Gasteiger partial charge on any atom is -0.494 e. The van der Waals surface area contributed by atoms with Crippen molar-refractivity contribution in [2.24, 2.45) is 0 Å². The maximum absolute atomic E-state index is 14.2. The fourth-order valence-corrected chi connectivity index (χ4v) is 6.23. The number of sulfonamides is 1. The lowest BCUT2D eigenvalue weighted by molar-refractivity contribution is -0.141. The average molecular weight is 635 g/mol. The van der Waals surface area contributed by atoms with Crippen LogP contribution in [-0.2, 0) is 26.2 Å². The van der Waals surface area contributed by atoms with E-state index in [0.717, 1.165) is 4.31 Å². The number of halogens is 2. The van der Waals surface area contributed by atoms with Crippen LogP contribution in [0.1, 0.15) is 46.6 Å². The first kappa shape index (κ1) is 33.2. The molecule has 8 nitrogen and oxygen atoms in total. The molecular formula is C31H37Cl2N3O5S. The number of nitrogens with one attached hydrogen (secondary N) is 1. The highest BCUT2D eigenvalue weighted by Gasteiger charge is 2.35. The largest absolute Gasteiger partial charge is 0.494 e. The Bertz CT molecular complexity index is 1480. The third-order valence-electron chi connectivity index (χ3n) is 6.29. The van der Waals surface area contributed by atoms with Gasteiger partial charge in [0.15, 0.2) is 0 Å². The van der Waals surface area contributed by atoms with Gasteiger partial charge in [-0.15, -0.1) is 0 Å². The predicted octanol–water partition coefficient (Wildman–Crippen LogP) is 6.31. The molecule has 0 saturated heterocycles. The van der Waals surface area contributed by atoms with Crippen molar-refractivity contribution < 1.29 is 22.7 Å². The van der Waals surface area contributed by atoms with Gasteiger partial charge < -0.3 is 15.0 Å². The third kappa shape index (κ3) is 8.63. The summed E-state index contributed by atoms with van der Waals surface area (Å²) in [6.07, 6.45) is 0.285. The Morgan fingerprint density at radius 3 is 2.14 bits per heavy atom. The number of anilines is 1. The van der Waals surface area contributed by atoms with Crippen LogP contribution in [-0.4, -0.2) is 49.9 Å². The first-order valence-electron chi connectivity index (χ1n) is 13.6. The summed E-state index contributed by atoms with van der Waals surface area (Å²) in [5.41, 5.74) is 0.282. The zero-order valence-electron chi connectivity index (χ0n) is 24.4. The van der Waals surface area contributed by atoms with Crippen LogP contribution in [0.15, 0.2) is 77.7 Å². The van der Waals surface area contributed by atoms with Crippen LogP contribution in [0.5, 0.6) is 5.75 Å². The standard InChI is InChI=1S/C31H37Cl2N3O5S/c1-6-28(30(38)34-31(3,4)5)35(20-22-13-14-23(32)19-27(22)33)29(37)21-36(24-15-17-25(18-16-24)41-7-2)42(39,40)26-11-9-8-10-12-26/h8-19,28H,6-7,20-21H2,1-5H3,(H,34,38)/t28-/m0/s1. The number of rotatable bonds is 12. The number of benzene rings is 3. The van der Waals surface area contributed by atoms with Crippen molar-refractivity contribution in [3.8, 4) is 5.75 Å². The number of amides is 2. The van der Waals surface area contributed by atoms with Crippen molar-refractivity contribution >= 4 is 50.7 Å². The summed E-state index contributed by atoms with van der Waals surface area (Å²) in [5, 5.41) is 3.69. The lowest BCUT2D eigenvalue weighted by Gasteiger charge is -2.35. The Hall–Kier alpha value is -3.27. The molecule has 0 radical (unpaired) electrons. The zero-order valence-corrected chi connectivity index (χ0v) is 26.8. The number of nitrogens with zero attached hydrogens (tertiary/aromatic N) is 2. The Kier molecular flexibility index (Phi) is 11.3. The molecule has 0 aromatic heterocycles. The first-order valence-corrected chi connectivity index (χ1v) is 15.8. The second-order valence-electron chi connectivity index (χ2n) is 10.7. The number of hydrogen-bond donors (Lipinski definition) is 1. The monoisotopic (exact) mass is 633 g/mol. The van der Waals surface area contributed by atoms with E-state index in [-0.39, 0.29) is 29.5 Å². The molecule has 42 heavy (non-hydrogen) atoms. The van der Waals surface area contributed by atoms with Crippen LogP contribution in [0.25, 0.3) is 0 Å². The van der Waals surface area contributed by atoms with E-state index in [4.69, 9.17) is 27.9 Å². The minimum absolute atomic E-state index is 0.0245. The predicted molar refractivity (Wildman–Crippen MR) is 168 cm³/mol. The van der Waals surface area contributed by atoms with Crippen molar-refractivity contribution in [1.82, 2.24) is 10.2 Å². The molecule has 11 heteroatoms. The molecule has 0 bridgehead atoms. The second-order valence-corrected chi connectivity index (χ2v) is 13.4. The first-order chi connectivity index (χ1) is 19.8. The maximum atomic E-state index is 14.2. The summed E-state index contributed by atoms with van der Waals surface area (Å²) >= 11 is 12.6. The van der Waals surface area contributed by atoms with Gasteiger partial charge in [0.1, 0.15) is 18.3 Å². The van der Waals surface area contributed by atoms with Crippen molar-refractivity contribution in [2.45, 2.75) is 64.1 Å². The van der Waals surface area contributed by atoms with Crippen molar-refractivity contribution in [1.29, 1.82) is 0 Å². The lowest BCUT2D eigenvalue weighted by atomic mass is 10.1. The molecule has 0 heterocycles. The Labute approximate surface area is 258 Å². The highest BCUT2D eigenvalue weighted by Crippen LogP contribution is 2.28. The van der Waals surface area contributed by atoms with Gasteiger partial charge in [0.05, 0.1) is 17.2 Å². The molecule has 0 aliphatic carbocycles. The van der Waals surface area contributed by atoms with Crippen LogP contribution < -0.4 is 14.4 Å². The molecule has 0 saturated carbocycles. The Balaban J connectivity index is 2.08. The van der Waals surface area contributed by atoms with E-state index in [1.165, 1.54) is 17.0 Å². The second kappa shape index (κ2) is 14.3. The van der Waals surface area contributed by atoms with Crippen LogP contribution in [0.2, 0.25) is 10.0 Å². The van der Waals surface area contributed by atoms with Crippen molar-refractivity contribution in [3.63, 3.8) is 0 Å². The van der Waals surface area contributed by atoms with E-state index >= 15 is 0 Å². The number of carbonyl (C=O) groups excluding carboxylic acids is 2. The van der Waals surface area contributed by atoms with Gasteiger partial charge >= 0.3 is 0 Å². The summed E-state index contributed by atoms with van der Waals surface area (Å²) in [7, 11) is -4.18. The van der Waals surface area contributed by atoms with Gasteiger partial charge in [-0.05, 0) is 88.2 Å². The van der Waals surface area contributed by atoms with Crippen molar-refractivity contribution in [2.75, 3.05) is 17.5 Å². The van der Waals surface area contributed by atoms with E-state index in [1.807, 2.05) is 27.7 Å². The smallest absolute Gasteiger partial charge is 0.264 e. The summed E-state index contributed by atoms with van der Waals surface area (Å²) in [6.45, 7) is 9.03. The highest BCUT2D eigenvalue weighted by atomic mass is 35.5. The fourth-order valence-electron chi connectivity index (χ4n) is 4.33. The van der Waals surface area contributed by atoms with Gasteiger partial charge in [0.2, 0.25) is 11.8 Å². The molecule has 3 aromatic rings. The van der Waals surface area contributed by atoms with Crippen LogP contribution in [0, 0.1) is 0 Å². The minimum atomic E-state index is -4.18. The lowest BCUT2D eigenvalue weighted by Crippen LogP contribution is -2.55. The van der Waals surface area contributed by atoms with E-state index in [9.17, 15) is 18.0 Å². The van der Waals surface area contributed by atoms with Gasteiger partial charge in [-0.25, -0.2) is 8.42 Å². The average Bonchev–Trinajstić information content (AvgIpc) is 2.93. The van der Waals surface area contributed by atoms with Gasteiger partial charge in [0, 0.05) is 22.1 Å². The van der Waals surface area contributed by atoms with Gasteiger partial charge in [-0.1, -0.05) is 54.4 Å². The normalized spacial score (nSPS) is 12.4. The van der Waals surface area contributed by atoms with Gasteiger partial charge in [0.25, 0.3) is 10.0 Å². The highest BCUT2D eigenvalue weighted by molar-refractivity contribution is 7.92. The van der Waals surface area contributed by atoms with E-state index < -0.39 is 34.1 Å². The molecule has 1 N–H and O–H groups in total. The van der Waals surface area contributed by atoms with Crippen molar-refractivity contribution in [3.05, 3.63) is 88.4 Å². The quantitative estimate of drug-likeness (QED) is 0.252. The number of ether oxygens (including phenoxy) is 1. The summed E-state index contributed by atoms with van der Waals surface area (Å²) in [5.74, 6) is -0.374. The molecule has 3 aromatic carbocycles. The molecule has 1 atom stereocenters. The van der Waals surface area contributed by atoms with Crippen LogP contribution in [0.3, 0.4) is 0 Å². The molecule has 0 aliphatic rings. The van der Waals surface area contributed by atoms with E-state index in [0.29, 0.717) is 28.0 Å². The van der Waals surface area contributed by atoms with E-state index in [1.54, 1.807) is 67.6 Å². The number of hydrogen-bond acceptors (Lipinski definition) is 5. The molecule has 0 unspecified atom stereocenters. The molecule has 0 aliphatic heterocycles. The summed E-state index contributed by atoms with van der Waals surface area (Å²) in [6, 6.07) is 18.3. The molecule has 0 spiro atoms. The van der Waals surface area contributed by atoms with Crippen LogP contribution >= 0.6 is 23.2 Å². The SMILES string of the molecule is CCOc1ccc(N(CC(=O)N(Cc2ccc(Cl)cc2Cl)[C@@H](CC)C(=O)NC(C)(C)C)S(=O)(=O)c2ccccc2)cc1. The van der Waals surface area contributed by atoms with Gasteiger partial charge in [-0.2, -0.15) is 0 Å². The maximum Gasteiger partial charge on any atom is 0.264 e. The number of carbonyl (C=O) groups is 2. The van der Waals surface area contributed by atoms with Crippen LogP contribution in [0.4, 0.5) is 5.69 Å². The Morgan fingerprint density at radius 1 is 0.952 bits per heavy atom. The van der Waals surface area contributed by atoms with Gasteiger partial charge in [-0.3, -0.25) is 13.9 Å². The zero-order chi connectivity index (χ0) is 31.1. The molecule has 226 valence electrons. The summed E-state index contributed by atoms with van der Waals surface area (Å²) in [4.78, 5) is 29.0. The Morgan fingerprint density at radius 2 is 1.60 bits per heavy atom. The fraction of sp³-hybridized carbons (Fsp3) is 0.355. The molecule has 2 amide bonds. The topological polar surface area (TPSA) is 96.0 Å². The third-order valence-corrected chi connectivity index (χ3v) is 8.66. The van der Waals surface area contributed by atoms with E-state index in [2.05, 4.69) is 5.32 Å².